The number of carbonyl (C=O) groups excluding carboxylic acids is 2. The first-order valence-corrected chi connectivity index (χ1v) is 9.15. The molecule has 1 N–H and O–H groups in total. The van der Waals surface area contributed by atoms with E-state index in [1.54, 1.807) is 6.92 Å². The van der Waals surface area contributed by atoms with E-state index in [-0.39, 0.29) is 5.92 Å². The lowest BCUT2D eigenvalue weighted by Gasteiger charge is -2.27. The van der Waals surface area contributed by atoms with Crippen LogP contribution in [0.2, 0.25) is 0 Å². The zero-order chi connectivity index (χ0) is 20.3. The van der Waals surface area contributed by atoms with E-state index in [0.717, 1.165) is 21.5 Å². The normalized spacial score (nSPS) is 13.1. The number of fused-ring (bicyclic) bond motifs is 2. The maximum absolute atomic E-state index is 12.9. The minimum absolute atomic E-state index is 0.0841. The Hall–Kier alpha value is -3.39. The fourth-order valence-electron chi connectivity index (χ4n) is 3.06. The molecule has 3 aromatic rings. The van der Waals surface area contributed by atoms with E-state index in [4.69, 9.17) is 4.74 Å². The van der Waals surface area contributed by atoms with Crippen molar-refractivity contribution in [2.75, 3.05) is 6.61 Å². The van der Waals surface area contributed by atoms with E-state index < -0.39 is 24.0 Å². The molecule has 0 unspecified atom stereocenters. The van der Waals surface area contributed by atoms with Crippen LogP contribution in [0.15, 0.2) is 54.6 Å². The number of nitrogens with one attached hydrogen (secondary N) is 1. The van der Waals surface area contributed by atoms with Crippen molar-refractivity contribution in [3.8, 4) is 6.07 Å². The summed E-state index contributed by atoms with van der Waals surface area (Å²) in [7, 11) is 0. The van der Waals surface area contributed by atoms with Crippen LogP contribution in [-0.4, -0.2) is 24.0 Å². The predicted octanol–water partition coefficient (Wildman–Crippen LogP) is 4.20. The number of carbonyl (C=O) groups is 2. The third-order valence-corrected chi connectivity index (χ3v) is 5.10. The van der Waals surface area contributed by atoms with Gasteiger partial charge < -0.3 is 10.1 Å². The largest absolute Gasteiger partial charge is 0.452 e. The zero-order valence-electron chi connectivity index (χ0n) is 16.2. The zero-order valence-corrected chi connectivity index (χ0v) is 16.2. The topological polar surface area (TPSA) is 79.2 Å². The number of ether oxygens (including phenoxy) is 1. The van der Waals surface area contributed by atoms with Crippen molar-refractivity contribution in [3.05, 3.63) is 60.2 Å². The molecule has 5 heteroatoms. The quantitative estimate of drug-likeness (QED) is 0.536. The number of hydrogen-bond donors (Lipinski definition) is 1. The van der Waals surface area contributed by atoms with Crippen LogP contribution < -0.4 is 5.32 Å². The molecule has 0 saturated carbocycles. The van der Waals surface area contributed by atoms with Crippen LogP contribution in [0.3, 0.4) is 0 Å². The highest BCUT2D eigenvalue weighted by atomic mass is 16.5. The van der Waals surface area contributed by atoms with Gasteiger partial charge >= 0.3 is 5.97 Å². The summed E-state index contributed by atoms with van der Waals surface area (Å²) in [5.74, 6) is -1.15. The Labute approximate surface area is 163 Å². The van der Waals surface area contributed by atoms with E-state index >= 15 is 0 Å². The molecule has 0 saturated heterocycles. The van der Waals surface area contributed by atoms with Crippen molar-refractivity contribution in [3.63, 3.8) is 0 Å². The van der Waals surface area contributed by atoms with Gasteiger partial charge in [-0.05, 0) is 40.5 Å². The highest BCUT2D eigenvalue weighted by Gasteiger charge is 2.30. The minimum Gasteiger partial charge on any atom is -0.452 e. The molecule has 1 atom stereocenters. The molecular weight excluding hydrogens is 352 g/mol. The fourth-order valence-corrected chi connectivity index (χ4v) is 3.06. The summed E-state index contributed by atoms with van der Waals surface area (Å²) >= 11 is 0. The Kier molecular flexibility index (Phi) is 5.32. The Morgan fingerprint density at radius 1 is 1.07 bits per heavy atom. The summed E-state index contributed by atoms with van der Waals surface area (Å²) in [5, 5.41) is 15.4. The lowest BCUT2D eigenvalue weighted by Crippen LogP contribution is -2.50. The highest BCUT2D eigenvalue weighted by Crippen LogP contribution is 2.29. The van der Waals surface area contributed by atoms with E-state index in [9.17, 15) is 14.9 Å². The second-order valence-electron chi connectivity index (χ2n) is 7.29. The lowest BCUT2D eigenvalue weighted by molar-refractivity contribution is -0.125. The van der Waals surface area contributed by atoms with Crippen molar-refractivity contribution in [1.29, 1.82) is 5.26 Å². The van der Waals surface area contributed by atoms with Gasteiger partial charge in [0.25, 0.3) is 5.91 Å². The Bertz CT molecular complexity index is 1040. The van der Waals surface area contributed by atoms with Gasteiger partial charge in [-0.1, -0.05) is 62.4 Å². The molecule has 3 rings (SSSR count). The molecule has 5 nitrogen and oxygen atoms in total. The van der Waals surface area contributed by atoms with Crippen molar-refractivity contribution in [1.82, 2.24) is 5.32 Å². The maximum Gasteiger partial charge on any atom is 0.339 e. The second kappa shape index (κ2) is 7.69. The van der Waals surface area contributed by atoms with Crippen LogP contribution in [0, 0.1) is 17.2 Å². The first kappa shape index (κ1) is 19.4. The third-order valence-electron chi connectivity index (χ3n) is 5.10. The van der Waals surface area contributed by atoms with Crippen LogP contribution >= 0.6 is 0 Å². The van der Waals surface area contributed by atoms with Crippen LogP contribution in [0.1, 0.15) is 31.1 Å². The molecule has 3 aromatic carbocycles. The Morgan fingerprint density at radius 2 is 1.61 bits per heavy atom. The Morgan fingerprint density at radius 3 is 2.11 bits per heavy atom. The van der Waals surface area contributed by atoms with Gasteiger partial charge in [0.15, 0.2) is 6.61 Å². The Balaban J connectivity index is 1.88. The van der Waals surface area contributed by atoms with Crippen LogP contribution in [0.5, 0.6) is 0 Å². The van der Waals surface area contributed by atoms with E-state index in [1.165, 1.54) is 0 Å². The molecule has 0 heterocycles. The highest BCUT2D eigenvalue weighted by molar-refractivity contribution is 6.16. The third kappa shape index (κ3) is 3.67. The summed E-state index contributed by atoms with van der Waals surface area (Å²) in [6.07, 6.45) is 0. The van der Waals surface area contributed by atoms with Crippen molar-refractivity contribution >= 4 is 33.4 Å². The standard InChI is InChI=1S/C23H22N2O3/c1-15(2)23(3,14-24)25-20(26)13-28-22(27)21-18-10-6-4-8-16(18)12-17-9-5-7-11-19(17)21/h4-12,15H,13H2,1-3H3,(H,25,26)/t23-/m1/s1. The molecular formula is C23H22N2O3. The van der Waals surface area contributed by atoms with Gasteiger partial charge in [0, 0.05) is 0 Å². The summed E-state index contributed by atoms with van der Waals surface area (Å²) in [6, 6.07) is 19.3. The van der Waals surface area contributed by atoms with E-state index in [2.05, 4.69) is 11.4 Å². The first-order valence-electron chi connectivity index (χ1n) is 9.15. The van der Waals surface area contributed by atoms with E-state index in [0.29, 0.717) is 5.56 Å². The molecule has 0 radical (unpaired) electrons. The van der Waals surface area contributed by atoms with Gasteiger partial charge in [0.05, 0.1) is 11.6 Å². The molecule has 0 aromatic heterocycles. The summed E-state index contributed by atoms with van der Waals surface area (Å²) in [6.45, 7) is 4.89. The van der Waals surface area contributed by atoms with Gasteiger partial charge in [-0.15, -0.1) is 0 Å². The first-order chi connectivity index (χ1) is 13.4. The number of rotatable bonds is 5. The van der Waals surface area contributed by atoms with Gasteiger partial charge in [0.1, 0.15) is 5.54 Å². The SMILES string of the molecule is CC(C)[C@@](C)(C#N)NC(=O)COC(=O)c1c2ccccc2cc2ccccc12. The molecule has 28 heavy (non-hydrogen) atoms. The summed E-state index contributed by atoms with van der Waals surface area (Å²) in [4.78, 5) is 25.1. The predicted molar refractivity (Wildman–Crippen MR) is 109 cm³/mol. The molecule has 0 bridgehead atoms. The van der Waals surface area contributed by atoms with Gasteiger partial charge in [0.2, 0.25) is 0 Å². The number of benzene rings is 3. The van der Waals surface area contributed by atoms with Crippen molar-refractivity contribution in [2.24, 2.45) is 5.92 Å². The van der Waals surface area contributed by atoms with Crippen LogP contribution in [0.25, 0.3) is 21.5 Å². The van der Waals surface area contributed by atoms with Crippen molar-refractivity contribution < 1.29 is 14.3 Å². The van der Waals surface area contributed by atoms with Gasteiger partial charge in [-0.3, -0.25) is 4.79 Å². The summed E-state index contributed by atoms with van der Waals surface area (Å²) in [5.41, 5.74) is -0.580. The monoisotopic (exact) mass is 374 g/mol. The molecule has 0 fully saturated rings. The average Bonchev–Trinajstić information content (AvgIpc) is 2.69. The van der Waals surface area contributed by atoms with Gasteiger partial charge in [-0.2, -0.15) is 5.26 Å². The number of esters is 1. The number of nitriles is 1. The molecule has 0 spiro atoms. The molecule has 0 aliphatic rings. The van der Waals surface area contributed by atoms with E-state index in [1.807, 2.05) is 68.4 Å². The fraction of sp³-hybridized carbons (Fsp3) is 0.261. The van der Waals surface area contributed by atoms with Crippen molar-refractivity contribution in [2.45, 2.75) is 26.3 Å². The smallest absolute Gasteiger partial charge is 0.339 e. The molecule has 1 amide bonds. The molecule has 0 aliphatic carbocycles. The second-order valence-corrected chi connectivity index (χ2v) is 7.29. The minimum atomic E-state index is -1.02. The average molecular weight is 374 g/mol. The lowest BCUT2D eigenvalue weighted by atomic mass is 9.90. The van der Waals surface area contributed by atoms with Crippen LogP contribution in [0.4, 0.5) is 0 Å². The molecule has 0 aliphatic heterocycles. The number of hydrogen-bond acceptors (Lipinski definition) is 4. The number of amides is 1. The number of nitrogens with zero attached hydrogens (tertiary/aromatic N) is 1. The summed E-state index contributed by atoms with van der Waals surface area (Å²) < 4.78 is 5.32. The molecule has 142 valence electrons. The maximum atomic E-state index is 12.9. The van der Waals surface area contributed by atoms with Crippen LogP contribution in [-0.2, 0) is 9.53 Å². The van der Waals surface area contributed by atoms with Gasteiger partial charge in [-0.25, -0.2) is 4.79 Å².